The van der Waals surface area contributed by atoms with Gasteiger partial charge in [0.2, 0.25) is 0 Å². The number of rotatable bonds is 3. The van der Waals surface area contributed by atoms with Crippen LogP contribution in [0.4, 0.5) is 5.82 Å². The maximum absolute atomic E-state index is 4.35. The van der Waals surface area contributed by atoms with Gasteiger partial charge in [-0.1, -0.05) is 0 Å². The van der Waals surface area contributed by atoms with Gasteiger partial charge in [-0.15, -0.1) is 0 Å². The Morgan fingerprint density at radius 1 is 1.36 bits per heavy atom. The zero-order valence-electron chi connectivity index (χ0n) is 7.88. The predicted molar refractivity (Wildman–Crippen MR) is 53.3 cm³/mol. The van der Waals surface area contributed by atoms with Crippen LogP contribution in [-0.2, 0) is 0 Å². The minimum absolute atomic E-state index is 0.765. The number of hydrogen-bond donors (Lipinski definition) is 1. The van der Waals surface area contributed by atoms with Gasteiger partial charge < -0.3 is 5.32 Å². The summed E-state index contributed by atoms with van der Waals surface area (Å²) in [5, 5.41) is 3.10. The monoisotopic (exact) mass is 189 g/mol. The van der Waals surface area contributed by atoms with Gasteiger partial charge in [-0.2, -0.15) is 0 Å². The van der Waals surface area contributed by atoms with Crippen molar-refractivity contribution in [2.24, 2.45) is 0 Å². The van der Waals surface area contributed by atoms with Gasteiger partial charge in [0.25, 0.3) is 0 Å². The van der Waals surface area contributed by atoms with E-state index in [1.165, 1.54) is 0 Å². The first-order chi connectivity index (χ1) is 6.90. The predicted octanol–water partition coefficient (Wildman–Crippen LogP) is 1.09. The molecule has 1 N–H and O–H groups in total. The molecular formula is C9H11N5. The Hall–Kier alpha value is -1.91. The Morgan fingerprint density at radius 3 is 3.00 bits per heavy atom. The zero-order valence-corrected chi connectivity index (χ0v) is 7.88. The average molecular weight is 189 g/mol. The topological polar surface area (TPSA) is 55.6 Å². The first kappa shape index (κ1) is 8.68. The smallest absolute Gasteiger partial charge is 0.158 e. The van der Waals surface area contributed by atoms with Crippen molar-refractivity contribution in [3.63, 3.8) is 0 Å². The summed E-state index contributed by atoms with van der Waals surface area (Å²) in [6.45, 7) is 2.85. The molecule has 5 heteroatoms. The lowest BCUT2D eigenvalue weighted by Crippen LogP contribution is -2.03. The van der Waals surface area contributed by atoms with Gasteiger partial charge in [0, 0.05) is 18.9 Å². The van der Waals surface area contributed by atoms with Crippen molar-refractivity contribution in [2.45, 2.75) is 6.92 Å². The molecular weight excluding hydrogens is 178 g/mol. The van der Waals surface area contributed by atoms with Crippen LogP contribution in [0.5, 0.6) is 0 Å². The molecule has 0 amide bonds. The van der Waals surface area contributed by atoms with Gasteiger partial charge in [-0.05, 0) is 6.92 Å². The summed E-state index contributed by atoms with van der Waals surface area (Å²) in [6.07, 6.45) is 8.63. The number of nitrogens with one attached hydrogen (secondary N) is 1. The van der Waals surface area contributed by atoms with Crippen molar-refractivity contribution in [3.8, 4) is 5.82 Å². The molecule has 0 bridgehead atoms. The summed E-state index contributed by atoms with van der Waals surface area (Å²) in [5.74, 6) is 1.54. The molecule has 0 radical (unpaired) electrons. The molecule has 0 spiro atoms. The lowest BCUT2D eigenvalue weighted by Gasteiger charge is -2.04. The molecule has 0 saturated carbocycles. The highest BCUT2D eigenvalue weighted by Gasteiger charge is 1.98. The Kier molecular flexibility index (Phi) is 2.40. The van der Waals surface area contributed by atoms with E-state index in [2.05, 4.69) is 20.3 Å². The van der Waals surface area contributed by atoms with E-state index in [4.69, 9.17) is 0 Å². The molecule has 0 aromatic carbocycles. The van der Waals surface area contributed by atoms with Crippen molar-refractivity contribution in [1.82, 2.24) is 19.5 Å². The Balaban J connectivity index is 2.31. The molecule has 2 rings (SSSR count). The SMILES string of the molecule is CCNc1cncc(-n2ccnc2)n1. The summed E-state index contributed by atoms with van der Waals surface area (Å²) in [5.41, 5.74) is 0. The number of anilines is 1. The van der Waals surface area contributed by atoms with Gasteiger partial charge in [0.1, 0.15) is 12.1 Å². The van der Waals surface area contributed by atoms with Crippen LogP contribution >= 0.6 is 0 Å². The average Bonchev–Trinajstić information content (AvgIpc) is 2.71. The van der Waals surface area contributed by atoms with E-state index < -0.39 is 0 Å². The molecule has 0 aliphatic carbocycles. The Morgan fingerprint density at radius 2 is 2.29 bits per heavy atom. The summed E-state index contributed by atoms with van der Waals surface area (Å²) in [4.78, 5) is 12.4. The van der Waals surface area contributed by atoms with Gasteiger partial charge in [-0.3, -0.25) is 9.55 Å². The number of imidazole rings is 1. The van der Waals surface area contributed by atoms with Crippen molar-refractivity contribution < 1.29 is 0 Å². The molecule has 14 heavy (non-hydrogen) atoms. The fourth-order valence-electron chi connectivity index (χ4n) is 1.14. The van der Waals surface area contributed by atoms with Gasteiger partial charge in [0.05, 0.1) is 12.4 Å². The molecule has 2 aromatic rings. The van der Waals surface area contributed by atoms with Crippen LogP contribution in [0.15, 0.2) is 31.1 Å². The fourth-order valence-corrected chi connectivity index (χ4v) is 1.14. The van der Waals surface area contributed by atoms with E-state index in [1.807, 2.05) is 17.7 Å². The van der Waals surface area contributed by atoms with E-state index >= 15 is 0 Å². The third-order valence-electron chi connectivity index (χ3n) is 1.75. The maximum atomic E-state index is 4.35. The normalized spacial score (nSPS) is 10.1. The van der Waals surface area contributed by atoms with E-state index in [9.17, 15) is 0 Å². The summed E-state index contributed by atoms with van der Waals surface area (Å²) >= 11 is 0. The second kappa shape index (κ2) is 3.87. The van der Waals surface area contributed by atoms with Gasteiger partial charge in [-0.25, -0.2) is 9.97 Å². The highest BCUT2D eigenvalue weighted by atomic mass is 15.1. The molecule has 2 aromatic heterocycles. The first-order valence-electron chi connectivity index (χ1n) is 4.44. The van der Waals surface area contributed by atoms with Crippen LogP contribution in [0.2, 0.25) is 0 Å². The largest absolute Gasteiger partial charge is 0.369 e. The molecule has 2 heterocycles. The lowest BCUT2D eigenvalue weighted by atomic mass is 10.6. The van der Waals surface area contributed by atoms with Crippen LogP contribution in [0.3, 0.4) is 0 Å². The molecule has 0 atom stereocenters. The summed E-state index contributed by atoms with van der Waals surface area (Å²) < 4.78 is 1.81. The molecule has 72 valence electrons. The zero-order chi connectivity index (χ0) is 9.80. The van der Waals surface area contributed by atoms with E-state index in [-0.39, 0.29) is 0 Å². The Labute approximate surface area is 81.8 Å². The van der Waals surface area contributed by atoms with Crippen LogP contribution in [0, 0.1) is 0 Å². The quantitative estimate of drug-likeness (QED) is 0.785. The van der Waals surface area contributed by atoms with Crippen LogP contribution in [0.1, 0.15) is 6.92 Å². The molecule has 5 nitrogen and oxygen atoms in total. The van der Waals surface area contributed by atoms with Crippen molar-refractivity contribution in [3.05, 3.63) is 31.1 Å². The third kappa shape index (κ3) is 1.71. The highest BCUT2D eigenvalue weighted by molar-refractivity contribution is 5.35. The summed E-state index contributed by atoms with van der Waals surface area (Å²) in [6, 6.07) is 0. The molecule has 0 unspecified atom stereocenters. The standard InChI is InChI=1S/C9H11N5/c1-2-12-8-5-11-6-9(13-8)14-4-3-10-7-14/h3-7H,2H2,1H3,(H,12,13). The lowest BCUT2D eigenvalue weighted by molar-refractivity contribution is 0.966. The van der Waals surface area contributed by atoms with Crippen LogP contribution < -0.4 is 5.32 Å². The van der Waals surface area contributed by atoms with Gasteiger partial charge in [0.15, 0.2) is 5.82 Å². The van der Waals surface area contributed by atoms with E-state index in [0.717, 1.165) is 18.2 Å². The van der Waals surface area contributed by atoms with E-state index in [0.29, 0.717) is 0 Å². The van der Waals surface area contributed by atoms with Crippen molar-refractivity contribution in [1.29, 1.82) is 0 Å². The molecule has 0 aliphatic rings. The minimum atomic E-state index is 0.765. The van der Waals surface area contributed by atoms with Crippen LogP contribution in [-0.4, -0.2) is 26.1 Å². The van der Waals surface area contributed by atoms with E-state index in [1.54, 1.807) is 24.9 Å². The number of nitrogens with zero attached hydrogens (tertiary/aromatic N) is 4. The van der Waals surface area contributed by atoms with Crippen molar-refractivity contribution >= 4 is 5.82 Å². The highest BCUT2D eigenvalue weighted by Crippen LogP contribution is 2.05. The minimum Gasteiger partial charge on any atom is -0.369 e. The maximum Gasteiger partial charge on any atom is 0.158 e. The third-order valence-corrected chi connectivity index (χ3v) is 1.75. The van der Waals surface area contributed by atoms with Gasteiger partial charge >= 0.3 is 0 Å². The molecule has 0 saturated heterocycles. The number of hydrogen-bond acceptors (Lipinski definition) is 4. The molecule has 0 fully saturated rings. The number of aromatic nitrogens is 4. The molecule has 0 aliphatic heterocycles. The fraction of sp³-hybridized carbons (Fsp3) is 0.222. The Bertz CT molecular complexity index is 395. The second-order valence-electron chi connectivity index (χ2n) is 2.76. The summed E-state index contributed by atoms with van der Waals surface area (Å²) in [7, 11) is 0. The van der Waals surface area contributed by atoms with Crippen LogP contribution in [0.25, 0.3) is 5.82 Å². The van der Waals surface area contributed by atoms with Crippen molar-refractivity contribution in [2.75, 3.05) is 11.9 Å². The second-order valence-corrected chi connectivity index (χ2v) is 2.76. The first-order valence-corrected chi connectivity index (χ1v) is 4.44.